The summed E-state index contributed by atoms with van der Waals surface area (Å²) < 4.78 is 12.0. The van der Waals surface area contributed by atoms with E-state index in [9.17, 15) is 5.11 Å². The number of ether oxygens (including phenoxy) is 2. The van der Waals surface area contributed by atoms with Crippen LogP contribution in [0.5, 0.6) is 17.5 Å². The maximum absolute atomic E-state index is 10.2. The summed E-state index contributed by atoms with van der Waals surface area (Å²) in [6.07, 6.45) is 6.15. The van der Waals surface area contributed by atoms with Gasteiger partial charge in [-0.1, -0.05) is 13.8 Å². The van der Waals surface area contributed by atoms with Crippen molar-refractivity contribution < 1.29 is 35.6 Å². The van der Waals surface area contributed by atoms with Gasteiger partial charge in [0.1, 0.15) is 23.3 Å². The van der Waals surface area contributed by atoms with Crippen LogP contribution in [0.15, 0.2) is 41.5 Å². The van der Waals surface area contributed by atoms with Crippen LogP contribution >= 0.6 is 0 Å². The molecule has 2 atom stereocenters. The second-order valence-corrected chi connectivity index (χ2v) is 9.30. The number of aryl methyl sites for hydroxylation is 1. The zero-order valence-electron chi connectivity index (χ0n) is 18.4. The largest absolute Gasteiger partial charge is 0.529 e. The Kier molecular flexibility index (Phi) is 6.26. The first-order valence-electron chi connectivity index (χ1n) is 10.8. The third-order valence-corrected chi connectivity index (χ3v) is 6.20. The van der Waals surface area contributed by atoms with Crippen LogP contribution in [0.2, 0.25) is 0 Å². The van der Waals surface area contributed by atoms with E-state index in [1.807, 2.05) is 25.1 Å². The molecule has 3 aromatic rings. The summed E-state index contributed by atoms with van der Waals surface area (Å²) in [4.78, 5) is 13.5. The zero-order chi connectivity index (χ0) is 21.6. The Morgan fingerprint density at radius 3 is 2.81 bits per heavy atom. The van der Waals surface area contributed by atoms with Crippen molar-refractivity contribution in [2.45, 2.75) is 58.6 Å². The van der Waals surface area contributed by atoms with E-state index in [0.29, 0.717) is 22.7 Å². The van der Waals surface area contributed by atoms with Crippen molar-refractivity contribution in [3.63, 3.8) is 0 Å². The monoisotopic (exact) mass is 611 g/mol. The molecule has 0 saturated heterocycles. The minimum absolute atomic E-state index is 0. The molecule has 7 heteroatoms. The normalized spacial score (nSPS) is 21.7. The zero-order valence-corrected chi connectivity index (χ0v) is 20.6. The first-order valence-corrected chi connectivity index (χ1v) is 10.8. The first kappa shape index (κ1) is 22.7. The van der Waals surface area contributed by atoms with Crippen molar-refractivity contribution in [3.05, 3.63) is 53.7 Å². The topological polar surface area (TPSA) is 76.8 Å². The van der Waals surface area contributed by atoms with Crippen LogP contribution in [0.25, 0.3) is 10.9 Å². The average molecular weight is 612 g/mol. The van der Waals surface area contributed by atoms with E-state index >= 15 is 0 Å². The third-order valence-electron chi connectivity index (χ3n) is 6.20. The number of fused-ring (bicyclic) bond motifs is 2. The summed E-state index contributed by atoms with van der Waals surface area (Å²) >= 11 is 0. The molecule has 0 bridgehead atoms. The maximum atomic E-state index is 10.2. The van der Waals surface area contributed by atoms with E-state index in [1.54, 1.807) is 18.3 Å². The van der Waals surface area contributed by atoms with Crippen LogP contribution in [0.3, 0.4) is 0 Å². The fourth-order valence-corrected chi connectivity index (χ4v) is 4.36. The molecule has 2 aromatic heterocycles. The predicted octanol–water partition coefficient (Wildman–Crippen LogP) is 5.35. The predicted molar refractivity (Wildman–Crippen MR) is 119 cm³/mol. The van der Waals surface area contributed by atoms with Gasteiger partial charge >= 0.3 is 0 Å². The van der Waals surface area contributed by atoms with Crippen LogP contribution < -0.4 is 4.74 Å². The molecule has 1 N–H and O–H groups in total. The minimum Gasteiger partial charge on any atom is -0.529 e. The summed E-state index contributed by atoms with van der Waals surface area (Å²) in [5.41, 5.74) is 2.55. The van der Waals surface area contributed by atoms with Gasteiger partial charge in [0.05, 0.1) is 6.04 Å². The van der Waals surface area contributed by atoms with E-state index in [4.69, 9.17) is 14.5 Å². The Hall–Kier alpha value is -2.46. The molecule has 1 saturated carbocycles. The number of aromatic hydroxyl groups is 1. The fraction of sp³-hybridized carbons (Fsp3) is 0.400. The Balaban J connectivity index is 0.00000245. The Bertz CT molecular complexity index is 1180. The van der Waals surface area contributed by atoms with Gasteiger partial charge in [0, 0.05) is 32.5 Å². The van der Waals surface area contributed by atoms with Crippen LogP contribution in [0, 0.1) is 18.4 Å². The number of nitrogens with zero attached hydrogens (tertiary/aromatic N) is 3. The van der Waals surface area contributed by atoms with Gasteiger partial charge in [-0.25, -0.2) is 9.97 Å². The van der Waals surface area contributed by atoms with Gasteiger partial charge in [-0.05, 0) is 68.0 Å². The number of phenols is 1. The summed E-state index contributed by atoms with van der Waals surface area (Å²) in [5, 5.41) is 11.1. The fourth-order valence-electron chi connectivity index (χ4n) is 4.36. The van der Waals surface area contributed by atoms with E-state index in [-0.39, 0.29) is 44.8 Å². The number of hydrogen-bond acceptors (Lipinski definition) is 6. The van der Waals surface area contributed by atoms with Crippen LogP contribution in [0.4, 0.5) is 0 Å². The first-order chi connectivity index (χ1) is 14.9. The quantitative estimate of drug-likeness (QED) is 0.405. The maximum Gasteiger partial charge on any atom is 0.220 e. The summed E-state index contributed by atoms with van der Waals surface area (Å²) in [6.45, 7) is 6.57. The number of hydrogen-bond donors (Lipinski definition) is 1. The molecular formula is C25H26N3O3Pt-. The number of aliphatic imine (C=N–C) groups is 1. The van der Waals surface area contributed by atoms with E-state index < -0.39 is 0 Å². The van der Waals surface area contributed by atoms with Gasteiger partial charge in [-0.3, -0.25) is 0 Å². The molecule has 1 aliphatic carbocycles. The summed E-state index contributed by atoms with van der Waals surface area (Å²) in [5.74, 6) is 1.37. The number of pyridine rings is 2. The number of aromatic nitrogens is 2. The molecule has 1 aliphatic heterocycles. The summed E-state index contributed by atoms with van der Waals surface area (Å²) in [7, 11) is 0. The van der Waals surface area contributed by atoms with Gasteiger partial charge in [-0.2, -0.15) is 0 Å². The molecule has 170 valence electrons. The Labute approximate surface area is 202 Å². The standard InChI is InChI=1S/C25H26N3O3.Pt/c1-15-12-16-4-5-21(28-23(16)19(29)13-15)31-22-14-17(8-11-26-22)24-27-18-6-9-25(2,3)10-7-20(18)30-24;/h4-5,8,11-13,18,20,29H,6-7,9-10H2,1-3H3;/q-1;/t18-,20-;/m0./s1. The second kappa shape index (κ2) is 8.82. The van der Waals surface area contributed by atoms with Crippen molar-refractivity contribution >= 4 is 16.8 Å². The molecule has 1 aromatic carbocycles. The second-order valence-electron chi connectivity index (χ2n) is 9.30. The number of benzene rings is 1. The van der Waals surface area contributed by atoms with Crippen molar-refractivity contribution in [1.29, 1.82) is 0 Å². The molecule has 5 rings (SSSR count). The number of phenolic OH excluding ortho intramolecular Hbond substituents is 1. The van der Waals surface area contributed by atoms with Crippen molar-refractivity contribution in [1.82, 2.24) is 9.97 Å². The van der Waals surface area contributed by atoms with Crippen molar-refractivity contribution in [2.24, 2.45) is 10.4 Å². The van der Waals surface area contributed by atoms with Gasteiger partial charge in [-0.15, -0.1) is 17.7 Å². The molecule has 2 aliphatic rings. The molecule has 0 amide bonds. The summed E-state index contributed by atoms with van der Waals surface area (Å²) in [6, 6.07) is 12.5. The smallest absolute Gasteiger partial charge is 0.220 e. The molecule has 6 nitrogen and oxygen atoms in total. The molecule has 32 heavy (non-hydrogen) atoms. The third kappa shape index (κ3) is 4.66. The molecule has 0 unspecified atom stereocenters. The molecule has 0 radical (unpaired) electrons. The van der Waals surface area contributed by atoms with Gasteiger partial charge in [0.25, 0.3) is 0 Å². The molecule has 0 spiro atoms. The van der Waals surface area contributed by atoms with Crippen molar-refractivity contribution in [3.8, 4) is 17.5 Å². The Morgan fingerprint density at radius 1 is 1.16 bits per heavy atom. The van der Waals surface area contributed by atoms with Crippen LogP contribution in [-0.4, -0.2) is 33.1 Å². The molecular weight excluding hydrogens is 585 g/mol. The Morgan fingerprint density at radius 2 is 1.97 bits per heavy atom. The average Bonchev–Trinajstić information content (AvgIpc) is 3.09. The van der Waals surface area contributed by atoms with E-state index in [1.165, 1.54) is 0 Å². The van der Waals surface area contributed by atoms with E-state index in [2.05, 4.69) is 29.9 Å². The van der Waals surface area contributed by atoms with Crippen molar-refractivity contribution in [2.75, 3.05) is 0 Å². The number of rotatable bonds is 3. The van der Waals surface area contributed by atoms with Gasteiger partial charge < -0.3 is 19.6 Å². The van der Waals surface area contributed by atoms with Crippen LogP contribution in [-0.2, 0) is 25.8 Å². The van der Waals surface area contributed by atoms with Gasteiger partial charge in [0.15, 0.2) is 5.88 Å². The molecule has 3 heterocycles. The SMILES string of the molecule is Cc1cc(O)c2nc(Oc3[c-]c(C4=N[C@H]5CCC(C)(C)CC[C@@H]5O4)ccn3)ccc2c1.[Pt]. The van der Waals surface area contributed by atoms with Crippen LogP contribution in [0.1, 0.15) is 50.7 Å². The minimum atomic E-state index is 0. The molecule has 1 fully saturated rings. The van der Waals surface area contributed by atoms with E-state index in [0.717, 1.165) is 42.2 Å². The van der Waals surface area contributed by atoms with Gasteiger partial charge in [0.2, 0.25) is 5.88 Å².